The van der Waals surface area contributed by atoms with Crippen molar-refractivity contribution in [1.82, 2.24) is 14.5 Å². The van der Waals surface area contributed by atoms with Crippen LogP contribution in [0.2, 0.25) is 0 Å². The van der Waals surface area contributed by atoms with E-state index in [-0.39, 0.29) is 11.7 Å². The van der Waals surface area contributed by atoms with Gasteiger partial charge in [0, 0.05) is 49.7 Å². The van der Waals surface area contributed by atoms with Crippen molar-refractivity contribution < 1.29 is 18.7 Å². The molecule has 1 aromatic heterocycles. The number of hydrogen-bond donors (Lipinski definition) is 0. The van der Waals surface area contributed by atoms with Crippen LogP contribution in [0.3, 0.4) is 0 Å². The Morgan fingerprint density at radius 1 is 1.12 bits per heavy atom. The van der Waals surface area contributed by atoms with Crippen LogP contribution in [0, 0.1) is 12.7 Å². The smallest absolute Gasteiger partial charge is 0.415 e. The second-order valence-electron chi connectivity index (χ2n) is 9.02. The summed E-state index contributed by atoms with van der Waals surface area (Å²) < 4.78 is 21.2. The predicted molar refractivity (Wildman–Crippen MR) is 125 cm³/mol. The Labute approximate surface area is 197 Å². The molecule has 2 fully saturated rings. The van der Waals surface area contributed by atoms with Gasteiger partial charge in [0.2, 0.25) is 0 Å². The zero-order chi connectivity index (χ0) is 23.7. The van der Waals surface area contributed by atoms with Crippen LogP contribution < -0.4 is 4.90 Å². The number of benzene rings is 2. The number of aromatic nitrogens is 2. The van der Waals surface area contributed by atoms with Gasteiger partial charge in [-0.3, -0.25) is 9.69 Å². The van der Waals surface area contributed by atoms with Gasteiger partial charge in [-0.1, -0.05) is 18.2 Å². The van der Waals surface area contributed by atoms with Crippen molar-refractivity contribution in [3.63, 3.8) is 0 Å². The topological polar surface area (TPSA) is 67.7 Å². The third-order valence-electron chi connectivity index (χ3n) is 6.81. The number of anilines is 1. The number of carbonyl (C=O) groups excluding carboxylic acids is 2. The van der Waals surface area contributed by atoms with Crippen molar-refractivity contribution in [2.24, 2.45) is 0 Å². The Morgan fingerprint density at radius 3 is 2.68 bits per heavy atom. The molecule has 7 nitrogen and oxygen atoms in total. The first kappa shape index (κ1) is 22.1. The molecule has 34 heavy (non-hydrogen) atoms. The van der Waals surface area contributed by atoms with E-state index in [1.54, 1.807) is 23.2 Å². The summed E-state index contributed by atoms with van der Waals surface area (Å²) in [6.07, 6.45) is 5.22. The lowest BCUT2D eigenvalue weighted by Crippen LogP contribution is -2.37. The normalized spacial score (nSPS) is 20.5. The van der Waals surface area contributed by atoms with Crippen LogP contribution in [0.1, 0.15) is 41.0 Å². The molecule has 8 heteroatoms. The molecule has 176 valence electrons. The lowest BCUT2D eigenvalue weighted by molar-refractivity contribution is 0.0438. The van der Waals surface area contributed by atoms with Gasteiger partial charge in [0.05, 0.1) is 6.54 Å². The Morgan fingerprint density at radius 2 is 1.91 bits per heavy atom. The summed E-state index contributed by atoms with van der Waals surface area (Å²) in [6.45, 7) is 4.03. The van der Waals surface area contributed by atoms with Gasteiger partial charge in [-0.15, -0.1) is 0 Å². The standard InChI is InChI=1S/C26H27FN4O3/c1-19-28-13-16-30(19)17-20-5-2-3-6-23(20)24(32)29-14-4-11-26(12-15-29)18-31(25(33)34-26)22-9-7-21(27)8-10-22/h2-3,5-10,13,16H,4,11-12,14-15,17-18H2,1H3/t26-/m0/s1. The van der Waals surface area contributed by atoms with E-state index in [0.29, 0.717) is 50.3 Å². The lowest BCUT2D eigenvalue weighted by atomic mass is 9.95. The number of hydrogen-bond acceptors (Lipinski definition) is 4. The summed E-state index contributed by atoms with van der Waals surface area (Å²) in [5.74, 6) is 0.538. The maximum Gasteiger partial charge on any atom is 0.415 e. The second kappa shape index (κ2) is 8.93. The van der Waals surface area contributed by atoms with Crippen molar-refractivity contribution in [2.45, 2.75) is 38.3 Å². The summed E-state index contributed by atoms with van der Waals surface area (Å²) in [5.41, 5.74) is 1.60. The van der Waals surface area contributed by atoms with Gasteiger partial charge in [-0.25, -0.2) is 14.2 Å². The van der Waals surface area contributed by atoms with E-state index in [2.05, 4.69) is 4.98 Å². The van der Waals surface area contributed by atoms with Crippen LogP contribution in [0.15, 0.2) is 60.9 Å². The molecule has 0 saturated carbocycles. The SMILES string of the molecule is Cc1nccn1Cc1ccccc1C(=O)N1CCC[C@]2(CC1)CN(c1ccc(F)cc1)C(=O)O2. The molecular weight excluding hydrogens is 435 g/mol. The number of imidazole rings is 1. The van der Waals surface area contributed by atoms with Gasteiger partial charge in [0.15, 0.2) is 0 Å². The predicted octanol–water partition coefficient (Wildman–Crippen LogP) is 4.40. The molecule has 3 heterocycles. The third-order valence-corrected chi connectivity index (χ3v) is 6.81. The van der Waals surface area contributed by atoms with Crippen LogP contribution in [0.25, 0.3) is 0 Å². The van der Waals surface area contributed by atoms with E-state index in [0.717, 1.165) is 17.8 Å². The molecule has 2 saturated heterocycles. The van der Waals surface area contributed by atoms with E-state index in [1.807, 2.05) is 46.9 Å². The Hall–Kier alpha value is -3.68. The fraction of sp³-hybridized carbons (Fsp3) is 0.346. The highest BCUT2D eigenvalue weighted by molar-refractivity contribution is 5.96. The van der Waals surface area contributed by atoms with Gasteiger partial charge < -0.3 is 14.2 Å². The van der Waals surface area contributed by atoms with E-state index in [9.17, 15) is 14.0 Å². The zero-order valence-corrected chi connectivity index (χ0v) is 19.1. The molecule has 5 rings (SSSR count). The van der Waals surface area contributed by atoms with Crippen LogP contribution in [0.4, 0.5) is 14.9 Å². The molecule has 0 bridgehead atoms. The van der Waals surface area contributed by atoms with Crippen LogP contribution in [0.5, 0.6) is 0 Å². The van der Waals surface area contributed by atoms with Crippen LogP contribution >= 0.6 is 0 Å². The summed E-state index contributed by atoms with van der Waals surface area (Å²) in [6, 6.07) is 13.5. The van der Waals surface area contributed by atoms with E-state index >= 15 is 0 Å². The maximum absolute atomic E-state index is 13.5. The van der Waals surface area contributed by atoms with E-state index in [1.165, 1.54) is 12.1 Å². The number of carbonyl (C=O) groups is 2. The van der Waals surface area contributed by atoms with Gasteiger partial charge >= 0.3 is 6.09 Å². The summed E-state index contributed by atoms with van der Waals surface area (Å²) in [5, 5.41) is 0. The Bertz CT molecular complexity index is 1210. The minimum Gasteiger partial charge on any atom is -0.441 e. The summed E-state index contributed by atoms with van der Waals surface area (Å²) in [7, 11) is 0. The van der Waals surface area contributed by atoms with E-state index in [4.69, 9.17) is 4.74 Å². The second-order valence-corrected chi connectivity index (χ2v) is 9.02. The largest absolute Gasteiger partial charge is 0.441 e. The van der Waals surface area contributed by atoms with Gasteiger partial charge in [0.25, 0.3) is 5.91 Å². The number of nitrogens with zero attached hydrogens (tertiary/aromatic N) is 4. The molecule has 2 aliphatic heterocycles. The average molecular weight is 463 g/mol. The maximum atomic E-state index is 13.5. The highest BCUT2D eigenvalue weighted by Crippen LogP contribution is 2.36. The molecule has 2 amide bonds. The molecular formula is C26H27FN4O3. The molecule has 3 aromatic rings. The number of aryl methyl sites for hydroxylation is 1. The van der Waals surface area contributed by atoms with Crippen LogP contribution in [-0.2, 0) is 11.3 Å². The first-order chi connectivity index (χ1) is 16.4. The highest BCUT2D eigenvalue weighted by Gasteiger charge is 2.46. The minimum absolute atomic E-state index is 0.00914. The number of ether oxygens (including phenoxy) is 1. The Balaban J connectivity index is 1.30. The lowest BCUT2D eigenvalue weighted by Gasteiger charge is -2.26. The quantitative estimate of drug-likeness (QED) is 0.576. The molecule has 2 aromatic carbocycles. The first-order valence-electron chi connectivity index (χ1n) is 11.6. The summed E-state index contributed by atoms with van der Waals surface area (Å²) in [4.78, 5) is 33.8. The highest BCUT2D eigenvalue weighted by atomic mass is 19.1. The third kappa shape index (κ3) is 4.27. The van der Waals surface area contributed by atoms with Gasteiger partial charge in [-0.05, 0) is 55.7 Å². The monoisotopic (exact) mass is 462 g/mol. The molecule has 1 spiro atoms. The fourth-order valence-corrected chi connectivity index (χ4v) is 4.87. The first-order valence-corrected chi connectivity index (χ1v) is 11.6. The Kier molecular flexibility index (Phi) is 5.81. The van der Waals surface area contributed by atoms with Gasteiger partial charge in [-0.2, -0.15) is 0 Å². The van der Waals surface area contributed by atoms with Crippen LogP contribution in [-0.4, -0.2) is 51.7 Å². The molecule has 1 atom stereocenters. The van der Waals surface area contributed by atoms with Gasteiger partial charge in [0.1, 0.15) is 17.2 Å². The molecule has 2 aliphatic rings. The molecule has 0 radical (unpaired) electrons. The average Bonchev–Trinajstić information content (AvgIpc) is 3.31. The van der Waals surface area contributed by atoms with E-state index < -0.39 is 11.7 Å². The molecule has 0 aliphatic carbocycles. The fourth-order valence-electron chi connectivity index (χ4n) is 4.87. The van der Waals surface area contributed by atoms with Crippen molar-refractivity contribution >= 4 is 17.7 Å². The number of amides is 2. The molecule has 0 N–H and O–H groups in total. The van der Waals surface area contributed by atoms with Crippen molar-refractivity contribution in [1.29, 1.82) is 0 Å². The number of likely N-dealkylation sites (tertiary alicyclic amines) is 1. The zero-order valence-electron chi connectivity index (χ0n) is 19.1. The van der Waals surface area contributed by atoms with Crippen molar-refractivity contribution in [3.8, 4) is 0 Å². The number of rotatable bonds is 4. The number of halogens is 1. The minimum atomic E-state index is -0.645. The van der Waals surface area contributed by atoms with Crippen molar-refractivity contribution in [2.75, 3.05) is 24.5 Å². The molecule has 0 unspecified atom stereocenters. The summed E-state index contributed by atoms with van der Waals surface area (Å²) >= 11 is 0. The van der Waals surface area contributed by atoms with Crippen molar-refractivity contribution in [3.05, 3.63) is 83.7 Å².